The van der Waals surface area contributed by atoms with Crippen LogP contribution in [0.4, 0.5) is 4.39 Å². The first kappa shape index (κ1) is 24.3. The first-order valence-electron chi connectivity index (χ1n) is 11.2. The molecule has 1 aliphatic rings. The van der Waals surface area contributed by atoms with Crippen molar-refractivity contribution in [1.29, 1.82) is 10.5 Å². The first-order chi connectivity index (χ1) is 16.9. The quantitative estimate of drug-likeness (QED) is 0.528. The van der Waals surface area contributed by atoms with E-state index in [1.807, 2.05) is 38.2 Å². The molecule has 3 aromatic rings. The number of thiazole rings is 1. The third-order valence-electron chi connectivity index (χ3n) is 5.73. The van der Waals surface area contributed by atoms with E-state index in [4.69, 9.17) is 10.00 Å². The largest absolute Gasteiger partial charge is 0.467 e. The summed E-state index contributed by atoms with van der Waals surface area (Å²) >= 11 is 1.48. The van der Waals surface area contributed by atoms with Crippen molar-refractivity contribution < 1.29 is 13.9 Å². The summed E-state index contributed by atoms with van der Waals surface area (Å²) in [5, 5.41) is 21.6. The van der Waals surface area contributed by atoms with E-state index in [0.717, 1.165) is 16.5 Å². The summed E-state index contributed by atoms with van der Waals surface area (Å²) in [5.74, 6) is -1.21. The van der Waals surface area contributed by atoms with Gasteiger partial charge in [-0.1, -0.05) is 23.5 Å². The summed E-state index contributed by atoms with van der Waals surface area (Å²) in [5.41, 5.74) is 1.68. The molecule has 0 radical (unpaired) electrons. The highest BCUT2D eigenvalue weighted by Gasteiger charge is 2.33. The highest BCUT2D eigenvalue weighted by molar-refractivity contribution is 7.13. The van der Waals surface area contributed by atoms with E-state index in [2.05, 4.69) is 21.3 Å². The zero-order valence-corrected chi connectivity index (χ0v) is 20.2. The molecule has 2 aromatic carbocycles. The summed E-state index contributed by atoms with van der Waals surface area (Å²) in [6.45, 7) is 5.17. The Morgan fingerprint density at radius 1 is 1.20 bits per heavy atom. The molecule has 1 aliphatic heterocycles. The van der Waals surface area contributed by atoms with Crippen LogP contribution in [0, 0.1) is 28.5 Å². The number of rotatable bonds is 7. The lowest BCUT2D eigenvalue weighted by Gasteiger charge is -2.27. The number of hydrogen-bond donors (Lipinski definition) is 1. The number of carbonyl (C=O) groups is 1. The zero-order valence-electron chi connectivity index (χ0n) is 19.4. The van der Waals surface area contributed by atoms with Crippen molar-refractivity contribution in [2.75, 3.05) is 13.1 Å². The fourth-order valence-corrected chi connectivity index (χ4v) is 5.17. The molecular formula is C26H24FN5O2S. The maximum Gasteiger partial charge on any atom is 0.273 e. The Balaban J connectivity index is 1.53. The van der Waals surface area contributed by atoms with Gasteiger partial charge < -0.3 is 10.1 Å². The number of amides is 1. The molecule has 1 aromatic heterocycles. The van der Waals surface area contributed by atoms with Crippen molar-refractivity contribution in [3.63, 3.8) is 0 Å². The molecule has 1 fully saturated rings. The summed E-state index contributed by atoms with van der Waals surface area (Å²) < 4.78 is 20.1. The lowest BCUT2D eigenvalue weighted by molar-refractivity contribution is 0.0933. The molecule has 4 rings (SSSR count). The lowest BCUT2D eigenvalue weighted by atomic mass is 10.0. The number of aromatic nitrogens is 1. The summed E-state index contributed by atoms with van der Waals surface area (Å²) in [6, 6.07) is 15.0. The van der Waals surface area contributed by atoms with E-state index in [9.17, 15) is 14.4 Å². The van der Waals surface area contributed by atoms with E-state index < -0.39 is 11.7 Å². The minimum Gasteiger partial charge on any atom is -0.467 e. The number of nitrogens with one attached hydrogen (secondary N) is 1. The monoisotopic (exact) mass is 489 g/mol. The van der Waals surface area contributed by atoms with Crippen LogP contribution in [0.5, 0.6) is 5.19 Å². The van der Waals surface area contributed by atoms with Crippen LogP contribution in [-0.2, 0) is 0 Å². The van der Waals surface area contributed by atoms with Crippen molar-refractivity contribution >= 4 is 17.2 Å². The summed E-state index contributed by atoms with van der Waals surface area (Å²) in [7, 11) is 0. The van der Waals surface area contributed by atoms with Crippen molar-refractivity contribution in [2.24, 2.45) is 0 Å². The Bertz CT molecular complexity index is 1290. The highest BCUT2D eigenvalue weighted by atomic mass is 32.1. The Hall–Kier alpha value is -3.79. The van der Waals surface area contributed by atoms with Crippen LogP contribution in [0.1, 0.15) is 58.2 Å². The topological polar surface area (TPSA) is 102 Å². The maximum atomic E-state index is 14.3. The average Bonchev–Trinajstić information content (AvgIpc) is 3.49. The molecule has 0 bridgehead atoms. The second-order valence-electron chi connectivity index (χ2n) is 8.59. The van der Waals surface area contributed by atoms with Gasteiger partial charge in [0.1, 0.15) is 5.82 Å². The number of halogens is 1. The zero-order chi connectivity index (χ0) is 24.9. The molecule has 0 spiro atoms. The van der Waals surface area contributed by atoms with Gasteiger partial charge in [-0.15, -0.1) is 0 Å². The van der Waals surface area contributed by atoms with Crippen LogP contribution in [0.3, 0.4) is 0 Å². The van der Waals surface area contributed by atoms with Crippen LogP contribution in [0.15, 0.2) is 48.7 Å². The molecule has 2 atom stereocenters. The van der Waals surface area contributed by atoms with Gasteiger partial charge in [-0.2, -0.15) is 10.5 Å². The maximum absolute atomic E-state index is 14.3. The third-order valence-corrected chi connectivity index (χ3v) is 6.67. The van der Waals surface area contributed by atoms with Crippen LogP contribution in [-0.4, -0.2) is 41.0 Å². The number of carbonyl (C=O) groups excluding carboxylic acids is 1. The second-order valence-corrected chi connectivity index (χ2v) is 9.62. The molecule has 35 heavy (non-hydrogen) atoms. The normalized spacial score (nSPS) is 16.5. The van der Waals surface area contributed by atoms with Crippen LogP contribution >= 0.6 is 11.3 Å². The minimum absolute atomic E-state index is 0.0105. The van der Waals surface area contributed by atoms with Gasteiger partial charge in [-0.25, -0.2) is 9.37 Å². The van der Waals surface area contributed by atoms with Crippen LogP contribution < -0.4 is 10.1 Å². The fraction of sp³-hybridized carbons (Fsp3) is 0.308. The highest BCUT2D eigenvalue weighted by Crippen LogP contribution is 2.37. The fourth-order valence-electron chi connectivity index (χ4n) is 4.12. The average molecular weight is 490 g/mol. The molecule has 9 heteroatoms. The molecule has 1 amide bonds. The summed E-state index contributed by atoms with van der Waals surface area (Å²) in [6.07, 6.45) is 2.52. The predicted molar refractivity (Wildman–Crippen MR) is 129 cm³/mol. The minimum atomic E-state index is -0.714. The van der Waals surface area contributed by atoms with Crippen molar-refractivity contribution in [1.82, 2.24) is 15.2 Å². The van der Waals surface area contributed by atoms with Gasteiger partial charge in [0.25, 0.3) is 11.1 Å². The molecule has 0 saturated carbocycles. The van der Waals surface area contributed by atoms with E-state index in [1.165, 1.54) is 23.5 Å². The van der Waals surface area contributed by atoms with Crippen LogP contribution in [0.25, 0.3) is 0 Å². The number of hydrogen-bond acceptors (Lipinski definition) is 7. The number of nitriles is 2. The smallest absolute Gasteiger partial charge is 0.273 e. The van der Waals surface area contributed by atoms with E-state index in [-0.39, 0.29) is 29.3 Å². The van der Waals surface area contributed by atoms with Crippen molar-refractivity contribution in [3.05, 3.63) is 81.6 Å². The molecule has 2 heterocycles. The predicted octanol–water partition coefficient (Wildman–Crippen LogP) is 4.41. The van der Waals surface area contributed by atoms with Gasteiger partial charge >= 0.3 is 0 Å². The van der Waals surface area contributed by atoms with E-state index in [0.29, 0.717) is 30.3 Å². The Morgan fingerprint density at radius 3 is 2.57 bits per heavy atom. The van der Waals surface area contributed by atoms with Gasteiger partial charge in [0.2, 0.25) is 0 Å². The van der Waals surface area contributed by atoms with Gasteiger partial charge in [0.15, 0.2) is 0 Å². The standard InChI is InChI=1S/C26H24FN5O2S/c1-16(2)34-26-30-14-23(35-26)24(19-6-3-17(12-28)4-7-19)32-10-9-20(15-32)31-25(33)21-8-5-18(13-29)11-22(21)27/h3-8,11,14,16,20,24H,9-10,15H2,1-2H3,(H,31,33). The molecule has 178 valence electrons. The summed E-state index contributed by atoms with van der Waals surface area (Å²) in [4.78, 5) is 20.4. The number of nitrogens with zero attached hydrogens (tertiary/aromatic N) is 4. The Labute approximate surface area is 207 Å². The number of likely N-dealkylation sites (tertiary alicyclic amines) is 1. The molecule has 1 N–H and O–H groups in total. The van der Waals surface area contributed by atoms with Gasteiger partial charge in [0.05, 0.1) is 41.0 Å². The Morgan fingerprint density at radius 2 is 1.91 bits per heavy atom. The first-order valence-corrected chi connectivity index (χ1v) is 12.1. The van der Waals surface area contributed by atoms with Crippen molar-refractivity contribution in [3.8, 4) is 17.3 Å². The Kier molecular flexibility index (Phi) is 7.40. The number of ether oxygens (including phenoxy) is 1. The van der Waals surface area contributed by atoms with E-state index >= 15 is 0 Å². The van der Waals surface area contributed by atoms with Gasteiger partial charge in [0, 0.05) is 30.2 Å². The molecule has 2 unspecified atom stereocenters. The second kappa shape index (κ2) is 10.6. The molecule has 1 saturated heterocycles. The van der Waals surface area contributed by atoms with E-state index in [1.54, 1.807) is 12.1 Å². The lowest BCUT2D eigenvalue weighted by Crippen LogP contribution is -2.38. The molecule has 0 aliphatic carbocycles. The molecule has 7 nitrogen and oxygen atoms in total. The molecular weight excluding hydrogens is 465 g/mol. The number of benzene rings is 2. The van der Waals surface area contributed by atoms with Crippen molar-refractivity contribution in [2.45, 2.75) is 38.5 Å². The SMILES string of the molecule is CC(C)Oc1ncc(C(c2ccc(C#N)cc2)N2CCC(NC(=O)c3ccc(C#N)cc3F)C2)s1. The van der Waals surface area contributed by atoms with Gasteiger partial charge in [-0.3, -0.25) is 9.69 Å². The van der Waals surface area contributed by atoms with Crippen LogP contribution in [0.2, 0.25) is 0 Å². The van der Waals surface area contributed by atoms with Gasteiger partial charge in [-0.05, 0) is 56.2 Å². The third kappa shape index (κ3) is 5.65.